The minimum Gasteiger partial charge on any atom is -0.508 e. The molecule has 4 nitrogen and oxygen atoms in total. The summed E-state index contributed by atoms with van der Waals surface area (Å²) in [6.07, 6.45) is 0. The fraction of sp³-hybridized carbons (Fsp3) is 0.188. The zero-order chi connectivity index (χ0) is 14.5. The van der Waals surface area contributed by atoms with E-state index in [0.717, 1.165) is 11.1 Å². The number of benzene rings is 2. The Morgan fingerprint density at radius 2 is 1.90 bits per heavy atom. The number of phenols is 1. The second-order valence-electron chi connectivity index (χ2n) is 4.66. The lowest BCUT2D eigenvalue weighted by Gasteiger charge is -2.09. The Morgan fingerprint density at radius 1 is 1.20 bits per heavy atom. The summed E-state index contributed by atoms with van der Waals surface area (Å²) in [6, 6.07) is 12.7. The van der Waals surface area contributed by atoms with Crippen LogP contribution in [-0.4, -0.2) is 11.0 Å². The van der Waals surface area contributed by atoms with Crippen LogP contribution in [0.5, 0.6) is 5.75 Å². The molecule has 1 amide bonds. The molecule has 4 heteroatoms. The Hall–Kier alpha value is -2.33. The Labute approximate surface area is 118 Å². The van der Waals surface area contributed by atoms with Gasteiger partial charge in [0.05, 0.1) is 0 Å². The number of rotatable bonds is 4. The maximum Gasteiger partial charge on any atom is 0.251 e. The average molecular weight is 270 g/mol. The molecule has 0 radical (unpaired) electrons. The lowest BCUT2D eigenvalue weighted by Crippen LogP contribution is -2.23. The van der Waals surface area contributed by atoms with Gasteiger partial charge in [-0.05, 0) is 30.2 Å². The van der Waals surface area contributed by atoms with E-state index < -0.39 is 0 Å². The monoisotopic (exact) mass is 270 g/mol. The van der Waals surface area contributed by atoms with Gasteiger partial charge in [0.2, 0.25) is 0 Å². The van der Waals surface area contributed by atoms with E-state index in [-0.39, 0.29) is 11.7 Å². The highest BCUT2D eigenvalue weighted by atomic mass is 16.3. The van der Waals surface area contributed by atoms with Crippen LogP contribution in [0.4, 0.5) is 0 Å². The van der Waals surface area contributed by atoms with Gasteiger partial charge in [0.1, 0.15) is 5.75 Å². The quantitative estimate of drug-likeness (QED) is 0.796. The fourth-order valence-electron chi connectivity index (χ4n) is 2.01. The molecule has 2 aromatic carbocycles. The van der Waals surface area contributed by atoms with Crippen LogP contribution in [0.1, 0.15) is 27.0 Å². The zero-order valence-corrected chi connectivity index (χ0v) is 11.4. The summed E-state index contributed by atoms with van der Waals surface area (Å²) in [7, 11) is 0. The van der Waals surface area contributed by atoms with Gasteiger partial charge < -0.3 is 16.2 Å². The van der Waals surface area contributed by atoms with Crippen LogP contribution in [0.3, 0.4) is 0 Å². The normalized spacial score (nSPS) is 10.3. The molecule has 0 unspecified atom stereocenters. The van der Waals surface area contributed by atoms with Crippen LogP contribution in [0.2, 0.25) is 0 Å². The average Bonchev–Trinajstić information content (AvgIpc) is 2.48. The van der Waals surface area contributed by atoms with Crippen LogP contribution in [0.25, 0.3) is 0 Å². The molecule has 4 N–H and O–H groups in total. The van der Waals surface area contributed by atoms with E-state index in [1.54, 1.807) is 25.1 Å². The van der Waals surface area contributed by atoms with Crippen molar-refractivity contribution >= 4 is 5.91 Å². The van der Waals surface area contributed by atoms with Crippen LogP contribution in [0.15, 0.2) is 42.5 Å². The van der Waals surface area contributed by atoms with E-state index in [1.165, 1.54) is 0 Å². The first-order chi connectivity index (χ1) is 9.61. The largest absolute Gasteiger partial charge is 0.508 e. The van der Waals surface area contributed by atoms with Crippen molar-refractivity contribution in [2.24, 2.45) is 5.73 Å². The van der Waals surface area contributed by atoms with Crippen molar-refractivity contribution in [3.8, 4) is 5.75 Å². The number of phenolic OH excluding ortho intramolecular Hbond substituents is 1. The summed E-state index contributed by atoms with van der Waals surface area (Å²) in [6.45, 7) is 2.63. The third-order valence-electron chi connectivity index (χ3n) is 3.23. The molecule has 2 rings (SSSR count). The minimum absolute atomic E-state index is 0.128. The van der Waals surface area contributed by atoms with Gasteiger partial charge in [0, 0.05) is 24.2 Å². The highest BCUT2D eigenvalue weighted by molar-refractivity contribution is 5.96. The number of carbonyl (C=O) groups is 1. The zero-order valence-electron chi connectivity index (χ0n) is 11.4. The first kappa shape index (κ1) is 14.1. The molecule has 0 aliphatic rings. The van der Waals surface area contributed by atoms with Gasteiger partial charge in [0.25, 0.3) is 5.91 Å². The highest BCUT2D eigenvalue weighted by Gasteiger charge is 2.10. The molecular formula is C16H18N2O2. The van der Waals surface area contributed by atoms with Crippen LogP contribution in [0, 0.1) is 6.92 Å². The van der Waals surface area contributed by atoms with Crippen molar-refractivity contribution < 1.29 is 9.90 Å². The van der Waals surface area contributed by atoms with Crippen molar-refractivity contribution in [2.75, 3.05) is 0 Å². The van der Waals surface area contributed by atoms with Crippen LogP contribution in [-0.2, 0) is 13.1 Å². The minimum atomic E-state index is -0.198. The molecule has 0 aliphatic heterocycles. The van der Waals surface area contributed by atoms with Crippen LogP contribution >= 0.6 is 0 Å². The summed E-state index contributed by atoms with van der Waals surface area (Å²) in [5.41, 5.74) is 8.69. The number of hydrogen-bond acceptors (Lipinski definition) is 3. The predicted molar refractivity (Wildman–Crippen MR) is 78.3 cm³/mol. The van der Waals surface area contributed by atoms with Gasteiger partial charge >= 0.3 is 0 Å². The van der Waals surface area contributed by atoms with E-state index >= 15 is 0 Å². The first-order valence-corrected chi connectivity index (χ1v) is 6.46. The molecule has 0 spiro atoms. The number of aromatic hydroxyl groups is 1. The molecule has 0 saturated carbocycles. The second-order valence-corrected chi connectivity index (χ2v) is 4.66. The molecule has 0 aromatic heterocycles. The van der Waals surface area contributed by atoms with Gasteiger partial charge in [-0.3, -0.25) is 4.79 Å². The third kappa shape index (κ3) is 3.16. The van der Waals surface area contributed by atoms with E-state index in [1.807, 2.05) is 24.3 Å². The molecule has 20 heavy (non-hydrogen) atoms. The Bertz CT molecular complexity index is 624. The number of amides is 1. The molecule has 0 atom stereocenters. The second kappa shape index (κ2) is 6.21. The van der Waals surface area contributed by atoms with Crippen molar-refractivity contribution in [1.82, 2.24) is 5.32 Å². The lowest BCUT2D eigenvalue weighted by atomic mass is 10.1. The molecule has 0 fully saturated rings. The summed E-state index contributed by atoms with van der Waals surface area (Å²) in [5, 5.41) is 12.5. The van der Waals surface area contributed by atoms with Gasteiger partial charge in [-0.2, -0.15) is 0 Å². The number of nitrogens with one attached hydrogen (secondary N) is 1. The fourth-order valence-corrected chi connectivity index (χ4v) is 2.01. The van der Waals surface area contributed by atoms with Gasteiger partial charge in [0.15, 0.2) is 0 Å². The topological polar surface area (TPSA) is 75.3 Å². The third-order valence-corrected chi connectivity index (χ3v) is 3.23. The molecule has 0 aliphatic carbocycles. The lowest BCUT2D eigenvalue weighted by molar-refractivity contribution is 0.0950. The summed E-state index contributed by atoms with van der Waals surface area (Å²) < 4.78 is 0. The smallest absolute Gasteiger partial charge is 0.251 e. The summed E-state index contributed by atoms with van der Waals surface area (Å²) >= 11 is 0. The molecule has 2 aromatic rings. The van der Waals surface area contributed by atoms with E-state index in [4.69, 9.17) is 5.73 Å². The Morgan fingerprint density at radius 3 is 2.65 bits per heavy atom. The van der Waals surface area contributed by atoms with Crippen molar-refractivity contribution in [1.29, 1.82) is 0 Å². The first-order valence-electron chi connectivity index (χ1n) is 6.46. The number of nitrogens with two attached hydrogens (primary N) is 1. The number of carbonyl (C=O) groups excluding carboxylic acids is 1. The van der Waals surface area contributed by atoms with E-state index in [9.17, 15) is 9.90 Å². The van der Waals surface area contributed by atoms with E-state index in [2.05, 4.69) is 5.32 Å². The highest BCUT2D eigenvalue weighted by Crippen LogP contribution is 2.19. The summed E-state index contributed by atoms with van der Waals surface area (Å²) in [5.74, 6) is -0.0701. The molecule has 0 saturated heterocycles. The van der Waals surface area contributed by atoms with Crippen molar-refractivity contribution in [3.63, 3.8) is 0 Å². The maximum absolute atomic E-state index is 12.1. The van der Waals surface area contributed by atoms with Gasteiger partial charge in [-0.15, -0.1) is 0 Å². The standard InChI is InChI=1S/C16H18N2O2/c1-11-14(6-3-7-15(11)19)16(20)18-10-13-5-2-4-12(8-13)9-17/h2-8,19H,9-10,17H2,1H3,(H,18,20). The SMILES string of the molecule is Cc1c(O)cccc1C(=O)NCc1cccc(CN)c1. The van der Waals surface area contributed by atoms with Crippen molar-refractivity contribution in [2.45, 2.75) is 20.0 Å². The summed E-state index contributed by atoms with van der Waals surface area (Å²) in [4.78, 5) is 12.1. The number of hydrogen-bond donors (Lipinski definition) is 3. The molecule has 104 valence electrons. The predicted octanol–water partition coefficient (Wildman–Crippen LogP) is 2.09. The van der Waals surface area contributed by atoms with Gasteiger partial charge in [-0.1, -0.05) is 30.3 Å². The van der Waals surface area contributed by atoms with Crippen LogP contribution < -0.4 is 11.1 Å². The Balaban J connectivity index is 2.06. The molecule has 0 heterocycles. The molecular weight excluding hydrogens is 252 g/mol. The van der Waals surface area contributed by atoms with Crippen molar-refractivity contribution in [3.05, 3.63) is 64.7 Å². The van der Waals surface area contributed by atoms with E-state index in [0.29, 0.717) is 24.2 Å². The Kier molecular flexibility index (Phi) is 4.38. The maximum atomic E-state index is 12.1. The molecule has 0 bridgehead atoms. The van der Waals surface area contributed by atoms with Gasteiger partial charge in [-0.25, -0.2) is 0 Å².